The first-order chi connectivity index (χ1) is 17.4. The summed E-state index contributed by atoms with van der Waals surface area (Å²) in [4.78, 5) is 15.2. The van der Waals surface area contributed by atoms with Crippen molar-refractivity contribution in [1.82, 2.24) is 4.31 Å². The molecule has 1 unspecified atom stereocenters. The van der Waals surface area contributed by atoms with Crippen molar-refractivity contribution in [3.05, 3.63) is 48.0 Å². The third kappa shape index (κ3) is 7.63. The van der Waals surface area contributed by atoms with E-state index in [9.17, 15) is 26.7 Å². The number of oxime groups is 1. The van der Waals surface area contributed by atoms with Gasteiger partial charge in [-0.2, -0.15) is 12.7 Å². The highest BCUT2D eigenvalue weighted by molar-refractivity contribution is 7.91. The van der Waals surface area contributed by atoms with E-state index in [-0.39, 0.29) is 50.3 Å². The highest BCUT2D eigenvalue weighted by atomic mass is 35.5. The van der Waals surface area contributed by atoms with Gasteiger partial charge in [-0.15, -0.1) is 12.4 Å². The van der Waals surface area contributed by atoms with E-state index in [2.05, 4.69) is 5.16 Å². The van der Waals surface area contributed by atoms with Crippen molar-refractivity contribution >= 4 is 44.5 Å². The van der Waals surface area contributed by atoms with E-state index < -0.39 is 41.9 Å². The van der Waals surface area contributed by atoms with Crippen molar-refractivity contribution in [1.29, 1.82) is 0 Å². The number of nitrogens with zero attached hydrogens (tertiary/aromatic N) is 2. The average molecular weight is 593 g/mol. The lowest BCUT2D eigenvalue weighted by Gasteiger charge is -2.22. The molecule has 5 N–H and O–H groups in total. The number of ether oxygens (including phenoxy) is 1. The first-order valence-corrected chi connectivity index (χ1v) is 14.0. The standard InChI is InChI=1S/C22H28N4O9S2.ClH/c1-15-12-16(33-10-5-11-34-25-22(23)24)14-17(13-15)35-37(31,32)20-8-3-2-7-19(20)36(29,30)26-9-4-6-18(26)21(27)28;/h2-3,7-8,12-14,18H,4-6,9-11H2,1H3,(H,27,28)(H4,23,24,25);1H. The summed E-state index contributed by atoms with van der Waals surface area (Å²) in [6.45, 7) is 2.06. The van der Waals surface area contributed by atoms with Crippen LogP contribution in [0, 0.1) is 6.92 Å². The Labute approximate surface area is 226 Å². The van der Waals surface area contributed by atoms with Crippen LogP contribution in [0.2, 0.25) is 0 Å². The number of hydrogen-bond acceptors (Lipinski definition) is 9. The lowest BCUT2D eigenvalue weighted by Crippen LogP contribution is -2.40. The molecular weight excluding hydrogens is 564 g/mol. The van der Waals surface area contributed by atoms with Crippen molar-refractivity contribution in [2.45, 2.75) is 42.0 Å². The number of sulfonamides is 1. The fourth-order valence-electron chi connectivity index (χ4n) is 3.72. The number of aliphatic carboxylic acids is 1. The first kappa shape index (κ1) is 31.0. The van der Waals surface area contributed by atoms with Crippen LogP contribution in [-0.4, -0.2) is 64.0 Å². The molecule has 1 aliphatic rings. The molecule has 16 heteroatoms. The molecule has 0 spiro atoms. The summed E-state index contributed by atoms with van der Waals surface area (Å²) < 4.78 is 64.7. The number of rotatable bonds is 12. The molecule has 1 heterocycles. The molecule has 1 saturated heterocycles. The number of carboxylic acid groups (broad SMARTS) is 1. The van der Waals surface area contributed by atoms with E-state index in [1.165, 1.54) is 24.3 Å². The van der Waals surface area contributed by atoms with Crippen LogP contribution >= 0.6 is 12.4 Å². The Morgan fingerprint density at radius 3 is 2.39 bits per heavy atom. The number of nitrogens with two attached hydrogens (primary N) is 2. The third-order valence-corrected chi connectivity index (χ3v) is 8.64. The molecule has 38 heavy (non-hydrogen) atoms. The monoisotopic (exact) mass is 592 g/mol. The zero-order valence-electron chi connectivity index (χ0n) is 20.3. The molecule has 2 aromatic rings. The number of benzene rings is 2. The minimum atomic E-state index is -4.64. The van der Waals surface area contributed by atoms with E-state index in [1.807, 2.05) is 0 Å². The van der Waals surface area contributed by atoms with Crippen LogP contribution < -0.4 is 20.4 Å². The summed E-state index contributed by atoms with van der Waals surface area (Å²) in [6, 6.07) is 8.09. The van der Waals surface area contributed by atoms with Gasteiger partial charge in [0.05, 0.1) is 6.61 Å². The van der Waals surface area contributed by atoms with Crippen LogP contribution in [0.3, 0.4) is 0 Å². The van der Waals surface area contributed by atoms with E-state index in [1.54, 1.807) is 13.0 Å². The van der Waals surface area contributed by atoms with E-state index >= 15 is 0 Å². The van der Waals surface area contributed by atoms with E-state index in [0.29, 0.717) is 24.2 Å². The zero-order valence-corrected chi connectivity index (χ0v) is 22.8. The first-order valence-electron chi connectivity index (χ1n) is 11.2. The maximum Gasteiger partial charge on any atom is 0.340 e. The minimum Gasteiger partial charge on any atom is -0.493 e. The molecule has 1 aliphatic heterocycles. The number of aryl methyl sites for hydroxylation is 1. The second kappa shape index (κ2) is 13.0. The lowest BCUT2D eigenvalue weighted by molar-refractivity contribution is -0.140. The molecule has 0 aromatic heterocycles. The van der Waals surface area contributed by atoms with Gasteiger partial charge in [-0.05, 0) is 54.8 Å². The van der Waals surface area contributed by atoms with Gasteiger partial charge >= 0.3 is 16.1 Å². The van der Waals surface area contributed by atoms with Gasteiger partial charge in [0.25, 0.3) is 0 Å². The van der Waals surface area contributed by atoms with Crippen molar-refractivity contribution in [3.63, 3.8) is 0 Å². The van der Waals surface area contributed by atoms with Crippen molar-refractivity contribution in [2.24, 2.45) is 16.6 Å². The molecule has 1 atom stereocenters. The number of halogens is 1. The van der Waals surface area contributed by atoms with Crippen molar-refractivity contribution in [2.75, 3.05) is 19.8 Å². The number of guanidine groups is 1. The minimum absolute atomic E-state index is 0. The Balaban J connectivity index is 0.00000507. The summed E-state index contributed by atoms with van der Waals surface area (Å²) in [7, 11) is -9.08. The molecule has 0 bridgehead atoms. The Hall–Kier alpha value is -3.27. The second-order valence-electron chi connectivity index (χ2n) is 8.13. The maximum absolute atomic E-state index is 13.3. The molecule has 0 amide bonds. The van der Waals surface area contributed by atoms with Gasteiger partial charge < -0.3 is 30.3 Å². The highest BCUT2D eigenvalue weighted by Gasteiger charge is 2.41. The lowest BCUT2D eigenvalue weighted by atomic mass is 10.2. The fourth-order valence-corrected chi connectivity index (χ4v) is 7.07. The number of carbonyl (C=O) groups is 1. The number of hydrogen-bond donors (Lipinski definition) is 3. The van der Waals surface area contributed by atoms with Crippen molar-refractivity contribution < 1.29 is 40.5 Å². The van der Waals surface area contributed by atoms with E-state index in [0.717, 1.165) is 16.4 Å². The van der Waals surface area contributed by atoms with Gasteiger partial charge in [-0.3, -0.25) is 4.79 Å². The average Bonchev–Trinajstić information content (AvgIpc) is 3.32. The molecule has 210 valence electrons. The largest absolute Gasteiger partial charge is 0.493 e. The summed E-state index contributed by atoms with van der Waals surface area (Å²) in [5, 5.41) is 12.8. The fraction of sp³-hybridized carbons (Fsp3) is 0.364. The molecule has 2 aromatic carbocycles. The maximum atomic E-state index is 13.3. The Bertz CT molecular complexity index is 1380. The van der Waals surface area contributed by atoms with Crippen LogP contribution in [0.25, 0.3) is 0 Å². The molecule has 13 nitrogen and oxygen atoms in total. The Morgan fingerprint density at radius 2 is 1.74 bits per heavy atom. The van der Waals surface area contributed by atoms with Crippen LogP contribution in [0.15, 0.2) is 57.4 Å². The van der Waals surface area contributed by atoms with Gasteiger partial charge in [-0.25, -0.2) is 8.42 Å². The molecule has 1 fully saturated rings. The summed E-state index contributed by atoms with van der Waals surface area (Å²) in [5.41, 5.74) is 10.9. The van der Waals surface area contributed by atoms with Gasteiger partial charge in [0, 0.05) is 19.0 Å². The predicted octanol–water partition coefficient (Wildman–Crippen LogP) is 1.40. The third-order valence-electron chi connectivity index (χ3n) is 5.24. The van der Waals surface area contributed by atoms with Gasteiger partial charge in [0.15, 0.2) is 0 Å². The normalized spacial score (nSPS) is 15.8. The van der Waals surface area contributed by atoms with Gasteiger partial charge in [-0.1, -0.05) is 12.1 Å². The SMILES string of the molecule is Cc1cc(OCCCON=C(N)N)cc(OS(=O)(=O)c2ccccc2S(=O)(=O)N2CCCC2C(=O)O)c1.Cl. The summed E-state index contributed by atoms with van der Waals surface area (Å²) in [6.07, 6.45) is 0.902. The van der Waals surface area contributed by atoms with Gasteiger partial charge in [0.1, 0.15) is 33.9 Å². The highest BCUT2D eigenvalue weighted by Crippen LogP contribution is 2.32. The Morgan fingerprint density at radius 1 is 1.08 bits per heavy atom. The van der Waals surface area contributed by atoms with Crippen LogP contribution in [0.4, 0.5) is 0 Å². The summed E-state index contributed by atoms with van der Waals surface area (Å²) in [5.74, 6) is -1.29. The predicted molar refractivity (Wildman–Crippen MR) is 139 cm³/mol. The molecule has 3 rings (SSSR count). The molecule has 0 aliphatic carbocycles. The summed E-state index contributed by atoms with van der Waals surface area (Å²) >= 11 is 0. The quantitative estimate of drug-likeness (QED) is 0.106. The van der Waals surface area contributed by atoms with Gasteiger partial charge in [0.2, 0.25) is 16.0 Å². The smallest absolute Gasteiger partial charge is 0.340 e. The van der Waals surface area contributed by atoms with E-state index in [4.69, 9.17) is 25.2 Å². The van der Waals surface area contributed by atoms with Crippen LogP contribution in [-0.2, 0) is 29.8 Å². The second-order valence-corrected chi connectivity index (χ2v) is 11.5. The topological polar surface area (TPSA) is 201 Å². The zero-order chi connectivity index (χ0) is 27.2. The molecule has 0 radical (unpaired) electrons. The Kier molecular flexibility index (Phi) is 10.6. The van der Waals surface area contributed by atoms with Crippen LogP contribution in [0.1, 0.15) is 24.8 Å². The van der Waals surface area contributed by atoms with Crippen molar-refractivity contribution in [3.8, 4) is 11.5 Å². The van der Waals surface area contributed by atoms with Crippen LogP contribution in [0.5, 0.6) is 11.5 Å². The molecular formula is C22H29ClN4O9S2. The number of carboxylic acids is 1. The molecule has 0 saturated carbocycles.